The summed E-state index contributed by atoms with van der Waals surface area (Å²) in [5, 5.41) is 2.76. The molecule has 1 aliphatic rings. The summed E-state index contributed by atoms with van der Waals surface area (Å²) < 4.78 is 0. The molecule has 3 rings (SSSR count). The standard InChI is InChI=1S/C14H14N4O/c1-9-4-6-16-14(17-9)18-13(19)12-7-11(12)10-3-2-5-15-8-10/h2-6,8,11-12H,7H2,1H3,(H,16,17,18,19)/t11-,12-/m0/s1. The molecule has 2 aromatic heterocycles. The average molecular weight is 254 g/mol. The SMILES string of the molecule is Cc1ccnc(NC(=O)[C@H]2C[C@H]2c2cccnc2)n1. The molecule has 0 radical (unpaired) electrons. The number of carbonyl (C=O) groups excluding carboxylic acids is 1. The lowest BCUT2D eigenvalue weighted by Gasteiger charge is -2.03. The van der Waals surface area contributed by atoms with E-state index < -0.39 is 0 Å². The maximum absolute atomic E-state index is 12.1. The van der Waals surface area contributed by atoms with Crippen molar-refractivity contribution < 1.29 is 4.79 Å². The van der Waals surface area contributed by atoms with Gasteiger partial charge in [-0.15, -0.1) is 0 Å². The number of rotatable bonds is 3. The molecular weight excluding hydrogens is 240 g/mol. The molecule has 1 saturated carbocycles. The van der Waals surface area contributed by atoms with Gasteiger partial charge in [-0.3, -0.25) is 15.1 Å². The quantitative estimate of drug-likeness (QED) is 0.908. The van der Waals surface area contributed by atoms with Gasteiger partial charge < -0.3 is 0 Å². The van der Waals surface area contributed by atoms with E-state index in [1.807, 2.05) is 25.3 Å². The minimum Gasteiger partial charge on any atom is -0.294 e. The van der Waals surface area contributed by atoms with Gasteiger partial charge in [0, 0.05) is 30.2 Å². The van der Waals surface area contributed by atoms with Crippen LogP contribution in [0.1, 0.15) is 23.6 Å². The van der Waals surface area contributed by atoms with Gasteiger partial charge in [0.15, 0.2) is 0 Å². The summed E-state index contributed by atoms with van der Waals surface area (Å²) in [4.78, 5) is 24.3. The van der Waals surface area contributed by atoms with Crippen molar-refractivity contribution in [2.45, 2.75) is 19.3 Å². The lowest BCUT2D eigenvalue weighted by Crippen LogP contribution is -2.16. The molecule has 2 atom stereocenters. The van der Waals surface area contributed by atoms with E-state index in [-0.39, 0.29) is 17.7 Å². The van der Waals surface area contributed by atoms with Crippen LogP contribution in [0.4, 0.5) is 5.95 Å². The monoisotopic (exact) mass is 254 g/mol. The molecule has 1 fully saturated rings. The summed E-state index contributed by atoms with van der Waals surface area (Å²) in [6, 6.07) is 5.70. The van der Waals surface area contributed by atoms with E-state index in [0.717, 1.165) is 17.7 Å². The Kier molecular flexibility index (Phi) is 2.95. The predicted molar refractivity (Wildman–Crippen MR) is 70.5 cm³/mol. The molecule has 2 heterocycles. The summed E-state index contributed by atoms with van der Waals surface area (Å²) in [5.41, 5.74) is 1.96. The molecule has 0 unspecified atom stereocenters. The van der Waals surface area contributed by atoms with E-state index in [2.05, 4.69) is 20.3 Å². The Morgan fingerprint density at radius 2 is 2.26 bits per heavy atom. The van der Waals surface area contributed by atoms with Crippen molar-refractivity contribution in [2.24, 2.45) is 5.92 Å². The second-order valence-corrected chi connectivity index (χ2v) is 4.75. The van der Waals surface area contributed by atoms with Gasteiger partial charge in [-0.05, 0) is 37.0 Å². The molecule has 0 spiro atoms. The maximum Gasteiger partial charge on any atom is 0.230 e. The number of aryl methyl sites for hydroxylation is 1. The number of amides is 1. The van der Waals surface area contributed by atoms with Crippen molar-refractivity contribution in [1.82, 2.24) is 15.0 Å². The van der Waals surface area contributed by atoms with Crippen molar-refractivity contribution >= 4 is 11.9 Å². The number of hydrogen-bond acceptors (Lipinski definition) is 4. The first-order valence-electron chi connectivity index (χ1n) is 6.24. The van der Waals surface area contributed by atoms with Crippen LogP contribution in [-0.2, 0) is 4.79 Å². The van der Waals surface area contributed by atoms with Crippen LogP contribution in [0.5, 0.6) is 0 Å². The van der Waals surface area contributed by atoms with Crippen molar-refractivity contribution in [3.05, 3.63) is 48.0 Å². The summed E-state index contributed by atoms with van der Waals surface area (Å²) in [6.45, 7) is 1.87. The third kappa shape index (κ3) is 2.59. The van der Waals surface area contributed by atoms with Crippen LogP contribution in [0.25, 0.3) is 0 Å². The van der Waals surface area contributed by atoms with Gasteiger partial charge in [-0.2, -0.15) is 0 Å². The highest BCUT2D eigenvalue weighted by molar-refractivity contribution is 5.93. The van der Waals surface area contributed by atoms with Gasteiger partial charge in [-0.1, -0.05) is 6.07 Å². The fraction of sp³-hybridized carbons (Fsp3) is 0.286. The van der Waals surface area contributed by atoms with Crippen LogP contribution in [0.2, 0.25) is 0 Å². The summed E-state index contributed by atoms with van der Waals surface area (Å²) >= 11 is 0. The first-order valence-corrected chi connectivity index (χ1v) is 6.24. The molecule has 0 saturated heterocycles. The number of anilines is 1. The molecule has 1 amide bonds. The molecule has 5 heteroatoms. The fourth-order valence-electron chi connectivity index (χ4n) is 2.16. The highest BCUT2D eigenvalue weighted by Gasteiger charge is 2.44. The van der Waals surface area contributed by atoms with Gasteiger partial charge >= 0.3 is 0 Å². The molecule has 19 heavy (non-hydrogen) atoms. The Labute approximate surface area is 111 Å². The summed E-state index contributed by atoms with van der Waals surface area (Å²) in [5.74, 6) is 0.646. The van der Waals surface area contributed by atoms with Crippen molar-refractivity contribution in [3.8, 4) is 0 Å². The Morgan fingerprint density at radius 3 is 3.00 bits per heavy atom. The third-order valence-electron chi connectivity index (χ3n) is 3.27. The number of aromatic nitrogens is 3. The number of hydrogen-bond donors (Lipinski definition) is 1. The van der Waals surface area contributed by atoms with Crippen LogP contribution in [0.15, 0.2) is 36.8 Å². The van der Waals surface area contributed by atoms with E-state index in [9.17, 15) is 4.79 Å². The van der Waals surface area contributed by atoms with Gasteiger partial charge in [0.25, 0.3) is 0 Å². The van der Waals surface area contributed by atoms with E-state index in [1.165, 1.54) is 0 Å². The predicted octanol–water partition coefficient (Wildman–Crippen LogP) is 1.92. The van der Waals surface area contributed by atoms with Gasteiger partial charge in [0.05, 0.1) is 0 Å². The Morgan fingerprint density at radius 1 is 1.37 bits per heavy atom. The molecule has 1 N–H and O–H groups in total. The van der Waals surface area contributed by atoms with E-state index in [1.54, 1.807) is 18.5 Å². The Balaban J connectivity index is 1.64. The van der Waals surface area contributed by atoms with Crippen LogP contribution < -0.4 is 5.32 Å². The first-order chi connectivity index (χ1) is 9.24. The van der Waals surface area contributed by atoms with Crippen molar-refractivity contribution in [3.63, 3.8) is 0 Å². The Bertz CT molecular complexity index is 599. The van der Waals surface area contributed by atoms with Crippen LogP contribution in [-0.4, -0.2) is 20.9 Å². The third-order valence-corrected chi connectivity index (χ3v) is 3.27. The fourth-order valence-corrected chi connectivity index (χ4v) is 2.16. The van der Waals surface area contributed by atoms with E-state index >= 15 is 0 Å². The van der Waals surface area contributed by atoms with Crippen molar-refractivity contribution in [2.75, 3.05) is 5.32 Å². The number of nitrogens with zero attached hydrogens (tertiary/aromatic N) is 3. The van der Waals surface area contributed by atoms with Crippen molar-refractivity contribution in [1.29, 1.82) is 0 Å². The van der Waals surface area contributed by atoms with Crippen LogP contribution in [0.3, 0.4) is 0 Å². The van der Waals surface area contributed by atoms with E-state index in [4.69, 9.17) is 0 Å². The number of carbonyl (C=O) groups is 1. The largest absolute Gasteiger partial charge is 0.294 e. The molecule has 0 aromatic carbocycles. The Hall–Kier alpha value is -2.30. The second-order valence-electron chi connectivity index (χ2n) is 4.75. The van der Waals surface area contributed by atoms with Gasteiger partial charge in [-0.25, -0.2) is 9.97 Å². The topological polar surface area (TPSA) is 67.8 Å². The molecule has 2 aromatic rings. The molecular formula is C14H14N4O. The van der Waals surface area contributed by atoms with E-state index in [0.29, 0.717) is 5.95 Å². The first kappa shape index (κ1) is 11.8. The zero-order valence-corrected chi connectivity index (χ0v) is 10.6. The average Bonchev–Trinajstić information content (AvgIpc) is 3.20. The second kappa shape index (κ2) is 4.76. The number of nitrogens with one attached hydrogen (secondary N) is 1. The summed E-state index contributed by atoms with van der Waals surface area (Å²) in [6.07, 6.45) is 6.06. The highest BCUT2D eigenvalue weighted by Crippen LogP contribution is 2.47. The molecule has 96 valence electrons. The van der Waals surface area contributed by atoms with Gasteiger partial charge in [0.2, 0.25) is 11.9 Å². The molecule has 0 bridgehead atoms. The molecule has 1 aliphatic carbocycles. The smallest absolute Gasteiger partial charge is 0.230 e. The maximum atomic E-state index is 12.1. The highest BCUT2D eigenvalue weighted by atomic mass is 16.2. The zero-order valence-electron chi connectivity index (χ0n) is 10.6. The number of pyridine rings is 1. The van der Waals surface area contributed by atoms with Crippen LogP contribution in [0, 0.1) is 12.8 Å². The molecule has 5 nitrogen and oxygen atoms in total. The zero-order chi connectivity index (χ0) is 13.2. The lowest BCUT2D eigenvalue weighted by molar-refractivity contribution is -0.117. The molecule has 0 aliphatic heterocycles. The lowest BCUT2D eigenvalue weighted by atomic mass is 10.1. The normalized spacial score (nSPS) is 20.9. The minimum atomic E-state index is -0.0144. The summed E-state index contributed by atoms with van der Waals surface area (Å²) in [7, 11) is 0. The van der Waals surface area contributed by atoms with Gasteiger partial charge in [0.1, 0.15) is 0 Å². The van der Waals surface area contributed by atoms with Crippen LogP contribution >= 0.6 is 0 Å². The minimum absolute atomic E-state index is 0.00770.